The lowest BCUT2D eigenvalue weighted by atomic mass is 10.0. The van der Waals surface area contributed by atoms with Crippen LogP contribution in [-0.2, 0) is 14.3 Å². The normalized spacial score (nSPS) is 17.0. The summed E-state index contributed by atoms with van der Waals surface area (Å²) in [6, 6.07) is 14.3. The van der Waals surface area contributed by atoms with Crippen LogP contribution in [-0.4, -0.2) is 56.7 Å². The fourth-order valence-corrected chi connectivity index (χ4v) is 3.78. The number of imide groups is 1. The van der Waals surface area contributed by atoms with E-state index in [0.717, 1.165) is 0 Å². The molecule has 0 unspecified atom stereocenters. The molecule has 0 aromatic heterocycles. The van der Waals surface area contributed by atoms with Crippen molar-refractivity contribution in [3.63, 3.8) is 0 Å². The predicted octanol–water partition coefficient (Wildman–Crippen LogP) is 2.71. The molecule has 2 heterocycles. The van der Waals surface area contributed by atoms with Crippen LogP contribution in [0, 0.1) is 0 Å². The molecule has 7 nitrogen and oxygen atoms in total. The van der Waals surface area contributed by atoms with Gasteiger partial charge in [-0.05, 0) is 36.8 Å². The molecule has 2 aromatic rings. The van der Waals surface area contributed by atoms with Crippen LogP contribution in [0.3, 0.4) is 0 Å². The minimum atomic E-state index is -0.366. The number of para-hydroxylation sites is 2. The van der Waals surface area contributed by atoms with Crippen molar-refractivity contribution >= 4 is 23.1 Å². The number of carbonyl (C=O) groups excluding carboxylic acids is 2. The lowest BCUT2D eigenvalue weighted by Gasteiger charge is -2.29. The molecule has 0 spiro atoms. The molecule has 0 saturated carbocycles. The highest BCUT2D eigenvalue weighted by Gasteiger charge is 2.43. The van der Waals surface area contributed by atoms with Crippen LogP contribution in [0.5, 0.6) is 11.5 Å². The average molecular weight is 408 g/mol. The number of hydrogen-bond acceptors (Lipinski definition) is 6. The summed E-state index contributed by atoms with van der Waals surface area (Å²) < 4.78 is 16.4. The van der Waals surface area contributed by atoms with Gasteiger partial charge >= 0.3 is 0 Å². The summed E-state index contributed by atoms with van der Waals surface area (Å²) in [5.41, 5.74) is 1.90. The van der Waals surface area contributed by atoms with Gasteiger partial charge in [-0.2, -0.15) is 0 Å². The molecule has 7 heteroatoms. The van der Waals surface area contributed by atoms with E-state index >= 15 is 0 Å². The van der Waals surface area contributed by atoms with E-state index in [4.69, 9.17) is 14.2 Å². The number of methoxy groups -OCH3 is 1. The highest BCUT2D eigenvalue weighted by atomic mass is 16.5. The number of ether oxygens (including phenoxy) is 3. The predicted molar refractivity (Wildman–Crippen MR) is 112 cm³/mol. The summed E-state index contributed by atoms with van der Waals surface area (Å²) >= 11 is 0. The Bertz CT molecular complexity index is 977. The molecule has 2 aromatic carbocycles. The molecule has 0 atom stereocenters. The number of anilines is 1. The van der Waals surface area contributed by atoms with Gasteiger partial charge in [-0.3, -0.25) is 9.59 Å². The van der Waals surface area contributed by atoms with Crippen molar-refractivity contribution < 1.29 is 23.8 Å². The van der Waals surface area contributed by atoms with E-state index in [1.165, 1.54) is 12.0 Å². The van der Waals surface area contributed by atoms with Gasteiger partial charge in [0.2, 0.25) is 0 Å². The van der Waals surface area contributed by atoms with Gasteiger partial charge in [0, 0.05) is 13.1 Å². The van der Waals surface area contributed by atoms with Gasteiger partial charge in [0.05, 0.1) is 38.2 Å². The van der Waals surface area contributed by atoms with Gasteiger partial charge in [0.25, 0.3) is 11.8 Å². The van der Waals surface area contributed by atoms with Crippen molar-refractivity contribution in [2.45, 2.75) is 6.92 Å². The van der Waals surface area contributed by atoms with Crippen LogP contribution in [0.25, 0.3) is 5.57 Å². The van der Waals surface area contributed by atoms with E-state index < -0.39 is 0 Å². The van der Waals surface area contributed by atoms with Crippen LogP contribution in [0.1, 0.15) is 12.5 Å². The molecule has 2 aliphatic rings. The zero-order valence-corrected chi connectivity index (χ0v) is 17.1. The molecular formula is C23H24N2O5. The van der Waals surface area contributed by atoms with Crippen LogP contribution in [0.2, 0.25) is 0 Å². The van der Waals surface area contributed by atoms with Gasteiger partial charge in [0.15, 0.2) is 0 Å². The van der Waals surface area contributed by atoms with E-state index in [9.17, 15) is 9.59 Å². The molecule has 1 fully saturated rings. The average Bonchev–Trinajstić information content (AvgIpc) is 3.05. The van der Waals surface area contributed by atoms with Crippen molar-refractivity contribution in [1.82, 2.24) is 4.90 Å². The summed E-state index contributed by atoms with van der Waals surface area (Å²) in [6.07, 6.45) is 0. The van der Waals surface area contributed by atoms with Crippen molar-refractivity contribution in [3.8, 4) is 11.5 Å². The second-order valence-electron chi connectivity index (χ2n) is 6.90. The third kappa shape index (κ3) is 3.52. The third-order valence-electron chi connectivity index (χ3n) is 5.17. The fourth-order valence-electron chi connectivity index (χ4n) is 3.78. The van der Waals surface area contributed by atoms with Gasteiger partial charge in [-0.1, -0.05) is 24.3 Å². The minimum absolute atomic E-state index is 0.352. The van der Waals surface area contributed by atoms with Crippen LogP contribution in [0.15, 0.2) is 54.2 Å². The second kappa shape index (κ2) is 8.59. The fraction of sp³-hybridized carbons (Fsp3) is 0.304. The summed E-state index contributed by atoms with van der Waals surface area (Å²) in [5, 5.41) is 0. The first-order valence-electron chi connectivity index (χ1n) is 9.97. The smallest absolute Gasteiger partial charge is 0.282 e. The monoisotopic (exact) mass is 408 g/mol. The van der Waals surface area contributed by atoms with Crippen LogP contribution < -0.4 is 14.4 Å². The topological polar surface area (TPSA) is 68.3 Å². The van der Waals surface area contributed by atoms with E-state index in [2.05, 4.69) is 0 Å². The highest BCUT2D eigenvalue weighted by Crippen LogP contribution is 2.38. The maximum atomic E-state index is 13.6. The van der Waals surface area contributed by atoms with Crippen molar-refractivity contribution in [2.24, 2.45) is 0 Å². The van der Waals surface area contributed by atoms with Gasteiger partial charge in [-0.15, -0.1) is 0 Å². The van der Waals surface area contributed by atoms with Crippen molar-refractivity contribution in [2.75, 3.05) is 44.9 Å². The Balaban J connectivity index is 1.80. The largest absolute Gasteiger partial charge is 0.495 e. The molecule has 4 rings (SSSR count). The number of hydrogen-bond donors (Lipinski definition) is 0. The van der Waals surface area contributed by atoms with E-state index in [0.29, 0.717) is 66.9 Å². The SMILES string of the molecule is CCOc1ccc(C2=C(N3CCOCC3)C(=O)N(c3ccccc3OC)C2=O)cc1. The summed E-state index contributed by atoms with van der Waals surface area (Å²) in [5.74, 6) is 0.465. The first-order chi connectivity index (χ1) is 14.7. The number of rotatable bonds is 6. The molecule has 1 saturated heterocycles. The molecule has 0 bridgehead atoms. The first-order valence-corrected chi connectivity index (χ1v) is 9.97. The molecule has 2 aliphatic heterocycles. The Hall–Kier alpha value is -3.32. The number of benzene rings is 2. The minimum Gasteiger partial charge on any atom is -0.495 e. The molecule has 30 heavy (non-hydrogen) atoms. The van der Waals surface area contributed by atoms with Gasteiger partial charge in [-0.25, -0.2) is 4.90 Å². The zero-order chi connectivity index (χ0) is 21.1. The van der Waals surface area contributed by atoms with Crippen molar-refractivity contribution in [3.05, 3.63) is 59.8 Å². The quantitative estimate of drug-likeness (QED) is 0.685. The molecule has 156 valence electrons. The lowest BCUT2D eigenvalue weighted by Crippen LogP contribution is -2.40. The van der Waals surface area contributed by atoms with Gasteiger partial charge in [0.1, 0.15) is 17.2 Å². The first kappa shape index (κ1) is 20.0. The molecule has 2 amide bonds. The van der Waals surface area contributed by atoms with E-state index in [1.807, 2.05) is 36.1 Å². The van der Waals surface area contributed by atoms with Crippen LogP contribution in [0.4, 0.5) is 5.69 Å². The number of morpholine rings is 1. The maximum absolute atomic E-state index is 13.6. The zero-order valence-electron chi connectivity index (χ0n) is 17.1. The summed E-state index contributed by atoms with van der Waals surface area (Å²) in [6.45, 7) is 4.59. The van der Waals surface area contributed by atoms with Gasteiger partial charge < -0.3 is 19.1 Å². The Kier molecular flexibility index (Phi) is 5.72. The molecule has 0 radical (unpaired) electrons. The maximum Gasteiger partial charge on any atom is 0.282 e. The Morgan fingerprint density at radius 3 is 2.33 bits per heavy atom. The molecular weight excluding hydrogens is 384 g/mol. The van der Waals surface area contributed by atoms with E-state index in [1.54, 1.807) is 24.3 Å². The number of amides is 2. The molecule has 0 aliphatic carbocycles. The Morgan fingerprint density at radius 2 is 1.67 bits per heavy atom. The number of carbonyl (C=O) groups is 2. The van der Waals surface area contributed by atoms with Crippen LogP contribution >= 0.6 is 0 Å². The Morgan fingerprint density at radius 1 is 0.967 bits per heavy atom. The number of nitrogens with zero attached hydrogens (tertiary/aromatic N) is 2. The standard InChI is InChI=1S/C23H24N2O5/c1-3-30-17-10-8-16(9-11-17)20-21(24-12-14-29-15-13-24)23(27)25(22(20)26)18-6-4-5-7-19(18)28-2/h4-11H,3,12-15H2,1-2H3. The van der Waals surface area contributed by atoms with E-state index in [-0.39, 0.29) is 11.8 Å². The Labute approximate surface area is 175 Å². The second-order valence-corrected chi connectivity index (χ2v) is 6.90. The third-order valence-corrected chi connectivity index (χ3v) is 5.17. The highest BCUT2D eigenvalue weighted by molar-refractivity contribution is 6.45. The summed E-state index contributed by atoms with van der Waals surface area (Å²) in [7, 11) is 1.52. The molecule has 0 N–H and O–H groups in total. The van der Waals surface area contributed by atoms with Crippen molar-refractivity contribution in [1.29, 1.82) is 0 Å². The lowest BCUT2D eigenvalue weighted by molar-refractivity contribution is -0.121. The summed E-state index contributed by atoms with van der Waals surface area (Å²) in [4.78, 5) is 30.2.